The smallest absolute Gasteiger partial charge is 0.227 e. The van der Waals surface area contributed by atoms with Gasteiger partial charge in [-0.2, -0.15) is 0 Å². The predicted molar refractivity (Wildman–Crippen MR) is 172 cm³/mol. The lowest BCUT2D eigenvalue weighted by Crippen LogP contribution is -2.36. The van der Waals surface area contributed by atoms with Gasteiger partial charge in [-0.05, 0) is 60.2 Å². The summed E-state index contributed by atoms with van der Waals surface area (Å²) in [6.45, 7) is 3.66. The second-order valence-electron chi connectivity index (χ2n) is 10.4. The SMILES string of the molecule is COc1cc(-c2nc3ccccn3c2-c2ccnc(Nc3cccc(N4CCOCC4)c3)n2)ccc1OCc1ccccc1. The van der Waals surface area contributed by atoms with Crippen molar-refractivity contribution in [3.8, 4) is 34.1 Å². The molecule has 44 heavy (non-hydrogen) atoms. The minimum Gasteiger partial charge on any atom is -0.493 e. The molecule has 1 aliphatic heterocycles. The molecule has 1 N–H and O–H groups in total. The molecule has 0 bridgehead atoms. The van der Waals surface area contributed by atoms with Crippen LogP contribution in [0.4, 0.5) is 17.3 Å². The molecule has 0 spiro atoms. The Kier molecular flexibility index (Phi) is 7.76. The van der Waals surface area contributed by atoms with Crippen molar-refractivity contribution in [1.82, 2.24) is 19.4 Å². The minimum atomic E-state index is 0.447. The summed E-state index contributed by atoms with van der Waals surface area (Å²) in [6, 6.07) is 32.1. The summed E-state index contributed by atoms with van der Waals surface area (Å²) in [5.41, 5.74) is 7.22. The zero-order chi connectivity index (χ0) is 29.7. The highest BCUT2D eigenvalue weighted by atomic mass is 16.5. The van der Waals surface area contributed by atoms with Gasteiger partial charge in [-0.3, -0.25) is 4.40 Å². The van der Waals surface area contributed by atoms with Crippen LogP contribution in [0.1, 0.15) is 5.56 Å². The van der Waals surface area contributed by atoms with E-state index < -0.39 is 0 Å². The summed E-state index contributed by atoms with van der Waals surface area (Å²) >= 11 is 0. The van der Waals surface area contributed by atoms with Crippen LogP contribution < -0.4 is 19.7 Å². The fourth-order valence-corrected chi connectivity index (χ4v) is 5.39. The summed E-state index contributed by atoms with van der Waals surface area (Å²) in [5, 5.41) is 3.40. The van der Waals surface area contributed by atoms with E-state index in [0.29, 0.717) is 24.1 Å². The molecule has 4 heterocycles. The van der Waals surface area contributed by atoms with Gasteiger partial charge in [0.05, 0.1) is 37.4 Å². The average Bonchev–Trinajstić information content (AvgIpc) is 3.48. The van der Waals surface area contributed by atoms with Gasteiger partial charge in [0.25, 0.3) is 0 Å². The summed E-state index contributed by atoms with van der Waals surface area (Å²) < 4.78 is 19.4. The number of nitrogens with zero attached hydrogens (tertiary/aromatic N) is 5. The number of morpholine rings is 1. The number of benzene rings is 3. The number of fused-ring (bicyclic) bond motifs is 1. The molecule has 0 radical (unpaired) electrons. The molecule has 0 unspecified atom stereocenters. The Labute approximate surface area is 255 Å². The molecule has 1 fully saturated rings. The number of aromatic nitrogens is 4. The molecule has 0 aliphatic carbocycles. The van der Waals surface area contributed by atoms with Crippen LogP contribution >= 0.6 is 0 Å². The number of nitrogens with one attached hydrogen (secondary N) is 1. The molecule has 3 aromatic heterocycles. The van der Waals surface area contributed by atoms with Crippen LogP contribution in [0, 0.1) is 0 Å². The van der Waals surface area contributed by atoms with Gasteiger partial charge in [-0.1, -0.05) is 42.5 Å². The van der Waals surface area contributed by atoms with Gasteiger partial charge in [0.2, 0.25) is 5.95 Å². The van der Waals surface area contributed by atoms with E-state index in [2.05, 4.69) is 27.3 Å². The normalized spacial score (nSPS) is 13.2. The van der Waals surface area contributed by atoms with Gasteiger partial charge >= 0.3 is 0 Å². The van der Waals surface area contributed by atoms with E-state index in [-0.39, 0.29) is 0 Å². The Balaban J connectivity index is 1.21. The van der Waals surface area contributed by atoms with E-state index in [4.69, 9.17) is 24.2 Å². The maximum Gasteiger partial charge on any atom is 0.227 e. The molecule has 1 saturated heterocycles. The van der Waals surface area contributed by atoms with E-state index in [9.17, 15) is 0 Å². The van der Waals surface area contributed by atoms with Crippen LogP contribution in [0.15, 0.2) is 109 Å². The molecule has 220 valence electrons. The highest BCUT2D eigenvalue weighted by molar-refractivity contribution is 5.82. The number of rotatable bonds is 9. The standard InChI is InChI=1S/C35H32N6O3/c1-42-31-22-26(13-14-30(31)44-24-25-8-3-2-4-9-25)33-34(41-17-6-5-12-32(41)39-33)29-15-16-36-35(38-29)37-27-10-7-11-28(23-27)40-18-20-43-21-19-40/h2-17,22-23H,18-21,24H2,1H3,(H,36,37,38). The zero-order valence-corrected chi connectivity index (χ0v) is 24.4. The number of ether oxygens (including phenoxy) is 3. The van der Waals surface area contributed by atoms with Crippen LogP contribution in [-0.2, 0) is 11.3 Å². The number of hydrogen-bond donors (Lipinski definition) is 1. The molecule has 7 rings (SSSR count). The lowest BCUT2D eigenvalue weighted by Gasteiger charge is -2.29. The third-order valence-corrected chi connectivity index (χ3v) is 7.58. The summed E-state index contributed by atoms with van der Waals surface area (Å²) in [5.74, 6) is 1.80. The maximum absolute atomic E-state index is 6.11. The number of methoxy groups -OCH3 is 1. The van der Waals surface area contributed by atoms with Crippen molar-refractivity contribution < 1.29 is 14.2 Å². The first kappa shape index (κ1) is 27.4. The van der Waals surface area contributed by atoms with Crippen molar-refractivity contribution in [1.29, 1.82) is 0 Å². The third kappa shape index (κ3) is 5.77. The van der Waals surface area contributed by atoms with E-state index in [1.807, 2.05) is 95.5 Å². The van der Waals surface area contributed by atoms with Crippen molar-refractivity contribution in [2.24, 2.45) is 0 Å². The van der Waals surface area contributed by atoms with Crippen molar-refractivity contribution in [3.63, 3.8) is 0 Å². The fourth-order valence-electron chi connectivity index (χ4n) is 5.39. The lowest BCUT2D eigenvalue weighted by molar-refractivity contribution is 0.122. The first-order valence-electron chi connectivity index (χ1n) is 14.6. The van der Waals surface area contributed by atoms with Crippen molar-refractivity contribution in [2.75, 3.05) is 43.6 Å². The van der Waals surface area contributed by atoms with E-state index in [1.54, 1.807) is 13.3 Å². The Morgan fingerprint density at radius 1 is 0.841 bits per heavy atom. The molecule has 0 saturated carbocycles. The Morgan fingerprint density at radius 2 is 1.70 bits per heavy atom. The summed E-state index contributed by atoms with van der Waals surface area (Å²) in [6.07, 6.45) is 3.76. The van der Waals surface area contributed by atoms with Gasteiger partial charge in [-0.15, -0.1) is 0 Å². The van der Waals surface area contributed by atoms with Crippen molar-refractivity contribution in [3.05, 3.63) is 115 Å². The molecule has 0 atom stereocenters. The molecular formula is C35H32N6O3. The van der Waals surface area contributed by atoms with Gasteiger partial charge < -0.3 is 24.4 Å². The van der Waals surface area contributed by atoms with Gasteiger partial charge in [0.1, 0.15) is 12.3 Å². The van der Waals surface area contributed by atoms with E-state index in [0.717, 1.165) is 71.5 Å². The third-order valence-electron chi connectivity index (χ3n) is 7.58. The predicted octanol–water partition coefficient (Wildman–Crippen LogP) is 6.63. The number of imidazole rings is 1. The van der Waals surface area contributed by atoms with E-state index >= 15 is 0 Å². The van der Waals surface area contributed by atoms with Gasteiger partial charge in [0.15, 0.2) is 11.5 Å². The first-order valence-corrected chi connectivity index (χ1v) is 14.6. The van der Waals surface area contributed by atoms with Crippen LogP contribution in [0.3, 0.4) is 0 Å². The Morgan fingerprint density at radius 3 is 2.57 bits per heavy atom. The van der Waals surface area contributed by atoms with Crippen LogP contribution in [-0.4, -0.2) is 52.8 Å². The molecule has 9 heteroatoms. The quantitative estimate of drug-likeness (QED) is 0.203. The monoisotopic (exact) mass is 584 g/mol. The number of hydrogen-bond acceptors (Lipinski definition) is 8. The molecule has 3 aromatic carbocycles. The summed E-state index contributed by atoms with van der Waals surface area (Å²) in [4.78, 5) is 16.8. The van der Waals surface area contributed by atoms with Crippen molar-refractivity contribution >= 4 is 23.0 Å². The van der Waals surface area contributed by atoms with Gasteiger partial charge in [0, 0.05) is 42.4 Å². The molecule has 1 aliphatic rings. The van der Waals surface area contributed by atoms with Crippen molar-refractivity contribution in [2.45, 2.75) is 6.61 Å². The number of anilines is 3. The van der Waals surface area contributed by atoms with Crippen LogP contribution in [0.5, 0.6) is 11.5 Å². The molecule has 9 nitrogen and oxygen atoms in total. The first-order chi connectivity index (χ1) is 21.7. The van der Waals surface area contributed by atoms with Gasteiger partial charge in [-0.25, -0.2) is 15.0 Å². The lowest BCUT2D eigenvalue weighted by atomic mass is 10.1. The van der Waals surface area contributed by atoms with E-state index in [1.165, 1.54) is 0 Å². The Hall–Kier alpha value is -5.41. The molecule has 6 aromatic rings. The number of pyridine rings is 1. The summed E-state index contributed by atoms with van der Waals surface area (Å²) in [7, 11) is 1.65. The van der Waals surface area contributed by atoms with Crippen LogP contribution in [0.2, 0.25) is 0 Å². The maximum atomic E-state index is 6.11. The highest BCUT2D eigenvalue weighted by Crippen LogP contribution is 2.37. The average molecular weight is 585 g/mol. The fraction of sp³-hybridized carbons (Fsp3) is 0.171. The second kappa shape index (κ2) is 12.4. The zero-order valence-electron chi connectivity index (χ0n) is 24.4. The second-order valence-corrected chi connectivity index (χ2v) is 10.4. The largest absolute Gasteiger partial charge is 0.493 e. The molecular weight excluding hydrogens is 552 g/mol. The topological polar surface area (TPSA) is 86.0 Å². The van der Waals surface area contributed by atoms with Crippen LogP contribution in [0.25, 0.3) is 28.3 Å². The Bertz CT molecular complexity index is 1890. The highest BCUT2D eigenvalue weighted by Gasteiger charge is 2.20. The molecule has 0 amide bonds. The minimum absolute atomic E-state index is 0.447.